The smallest absolute Gasteiger partial charge is 0.145 e. The molecule has 0 atom stereocenters. The van der Waals surface area contributed by atoms with Gasteiger partial charge < -0.3 is 10.7 Å². The van der Waals surface area contributed by atoms with E-state index < -0.39 is 0 Å². The Morgan fingerprint density at radius 3 is 2.70 bits per heavy atom. The molecule has 2 aromatic heterocycles. The van der Waals surface area contributed by atoms with Gasteiger partial charge in [0, 0.05) is 44.4 Å². The third kappa shape index (κ3) is 3.67. The highest BCUT2D eigenvalue weighted by molar-refractivity contribution is 5.46. The maximum Gasteiger partial charge on any atom is 0.145 e. The van der Waals surface area contributed by atoms with E-state index in [0.717, 1.165) is 37.4 Å². The van der Waals surface area contributed by atoms with Crippen molar-refractivity contribution in [3.63, 3.8) is 0 Å². The van der Waals surface area contributed by atoms with Gasteiger partial charge in [0.1, 0.15) is 17.5 Å². The van der Waals surface area contributed by atoms with Crippen molar-refractivity contribution in [2.75, 3.05) is 17.3 Å². The number of nitrogens with one attached hydrogen (secondary N) is 2. The number of hydrazine groups is 1. The van der Waals surface area contributed by atoms with Gasteiger partial charge in [0.05, 0.1) is 0 Å². The minimum atomic E-state index is 0.631. The van der Waals surface area contributed by atoms with Crippen LogP contribution < -0.4 is 16.6 Å². The molecule has 2 aromatic rings. The topological polar surface area (TPSA) is 93.7 Å². The molecule has 4 N–H and O–H groups in total. The van der Waals surface area contributed by atoms with E-state index in [0.29, 0.717) is 5.82 Å². The largest absolute Gasteiger partial charge is 0.370 e. The average molecular weight is 275 g/mol. The van der Waals surface area contributed by atoms with Crippen LogP contribution in [0.25, 0.3) is 0 Å². The van der Waals surface area contributed by atoms with Crippen LogP contribution in [0, 0.1) is 0 Å². The Labute approximate surface area is 118 Å². The SMILES string of the molecule is CCCc1nc(NN)cc(NCCc2ccnn2C)n1. The number of anilines is 2. The van der Waals surface area contributed by atoms with Crippen molar-refractivity contribution in [3.8, 4) is 0 Å². The molecule has 7 nitrogen and oxygen atoms in total. The van der Waals surface area contributed by atoms with Gasteiger partial charge >= 0.3 is 0 Å². The van der Waals surface area contributed by atoms with E-state index in [4.69, 9.17) is 5.84 Å². The second-order valence-corrected chi connectivity index (χ2v) is 4.57. The van der Waals surface area contributed by atoms with Gasteiger partial charge in [-0.2, -0.15) is 5.10 Å². The second-order valence-electron chi connectivity index (χ2n) is 4.57. The van der Waals surface area contributed by atoms with Crippen molar-refractivity contribution in [2.45, 2.75) is 26.2 Å². The van der Waals surface area contributed by atoms with Gasteiger partial charge in [0.2, 0.25) is 0 Å². The molecule has 0 saturated heterocycles. The van der Waals surface area contributed by atoms with Crippen LogP contribution in [0.5, 0.6) is 0 Å². The first-order valence-electron chi connectivity index (χ1n) is 6.78. The maximum absolute atomic E-state index is 5.43. The summed E-state index contributed by atoms with van der Waals surface area (Å²) in [5.41, 5.74) is 3.75. The van der Waals surface area contributed by atoms with E-state index >= 15 is 0 Å². The van der Waals surface area contributed by atoms with E-state index in [1.165, 1.54) is 5.69 Å². The van der Waals surface area contributed by atoms with Crippen LogP contribution in [0.15, 0.2) is 18.3 Å². The summed E-state index contributed by atoms with van der Waals surface area (Å²) < 4.78 is 1.87. The Hall–Kier alpha value is -2.15. The summed E-state index contributed by atoms with van der Waals surface area (Å²) in [6.07, 6.45) is 4.53. The van der Waals surface area contributed by atoms with E-state index in [2.05, 4.69) is 32.7 Å². The van der Waals surface area contributed by atoms with E-state index in [1.54, 1.807) is 6.20 Å². The van der Waals surface area contributed by atoms with Crippen LogP contribution >= 0.6 is 0 Å². The number of rotatable bonds is 7. The van der Waals surface area contributed by atoms with Crippen LogP contribution in [-0.4, -0.2) is 26.3 Å². The van der Waals surface area contributed by atoms with Gasteiger partial charge in [-0.3, -0.25) is 4.68 Å². The molecule has 0 aromatic carbocycles. The van der Waals surface area contributed by atoms with Crippen LogP contribution in [0.4, 0.5) is 11.6 Å². The van der Waals surface area contributed by atoms with Gasteiger partial charge in [-0.25, -0.2) is 15.8 Å². The number of hydrogen-bond acceptors (Lipinski definition) is 6. The van der Waals surface area contributed by atoms with Crippen LogP contribution in [0.3, 0.4) is 0 Å². The maximum atomic E-state index is 5.43. The molecular weight excluding hydrogens is 254 g/mol. The molecule has 0 unspecified atom stereocenters. The van der Waals surface area contributed by atoms with Gasteiger partial charge in [0.15, 0.2) is 0 Å². The van der Waals surface area contributed by atoms with Gasteiger partial charge in [-0.1, -0.05) is 6.92 Å². The molecule has 7 heteroatoms. The average Bonchev–Trinajstić information content (AvgIpc) is 2.84. The first-order chi connectivity index (χ1) is 9.72. The summed E-state index contributed by atoms with van der Waals surface area (Å²) in [4.78, 5) is 8.78. The third-order valence-electron chi connectivity index (χ3n) is 3.00. The molecule has 0 aliphatic carbocycles. The van der Waals surface area contributed by atoms with Crippen molar-refractivity contribution in [1.82, 2.24) is 19.7 Å². The monoisotopic (exact) mass is 275 g/mol. The highest BCUT2D eigenvalue weighted by atomic mass is 15.3. The lowest BCUT2D eigenvalue weighted by atomic mass is 10.3. The lowest BCUT2D eigenvalue weighted by Crippen LogP contribution is -2.14. The molecule has 0 fully saturated rings. The highest BCUT2D eigenvalue weighted by Crippen LogP contribution is 2.11. The predicted octanol–water partition coefficient (Wildman–Crippen LogP) is 1.10. The summed E-state index contributed by atoms with van der Waals surface area (Å²) >= 11 is 0. The van der Waals surface area contributed by atoms with Crippen LogP contribution in [-0.2, 0) is 19.9 Å². The Bertz CT molecular complexity index is 549. The molecule has 2 heterocycles. The van der Waals surface area contributed by atoms with Crippen molar-refractivity contribution >= 4 is 11.6 Å². The summed E-state index contributed by atoms with van der Waals surface area (Å²) in [7, 11) is 1.94. The lowest BCUT2D eigenvalue weighted by Gasteiger charge is -2.09. The predicted molar refractivity (Wildman–Crippen MR) is 79.2 cm³/mol. The second kappa shape index (κ2) is 6.85. The Balaban J connectivity index is 1.97. The van der Waals surface area contributed by atoms with E-state index in [1.807, 2.05) is 23.9 Å². The summed E-state index contributed by atoms with van der Waals surface area (Å²) in [5, 5.41) is 7.44. The molecule has 0 aliphatic heterocycles. The highest BCUT2D eigenvalue weighted by Gasteiger charge is 2.04. The number of aryl methyl sites for hydroxylation is 2. The summed E-state index contributed by atoms with van der Waals surface area (Å²) in [5.74, 6) is 7.65. The summed E-state index contributed by atoms with van der Waals surface area (Å²) in [6.45, 7) is 2.88. The molecule has 0 saturated carbocycles. The Kier molecular flexibility index (Phi) is 4.89. The normalized spacial score (nSPS) is 10.6. The molecule has 0 radical (unpaired) electrons. The Morgan fingerprint density at radius 1 is 1.25 bits per heavy atom. The van der Waals surface area contributed by atoms with Crippen LogP contribution in [0.1, 0.15) is 24.9 Å². The van der Waals surface area contributed by atoms with Crippen molar-refractivity contribution < 1.29 is 0 Å². The summed E-state index contributed by atoms with van der Waals surface area (Å²) in [6, 6.07) is 3.82. The molecule has 0 aliphatic rings. The third-order valence-corrected chi connectivity index (χ3v) is 3.00. The fourth-order valence-corrected chi connectivity index (χ4v) is 1.96. The number of nitrogens with two attached hydrogens (primary N) is 1. The number of nitrogen functional groups attached to an aromatic ring is 1. The van der Waals surface area contributed by atoms with Gasteiger partial charge in [-0.05, 0) is 12.5 Å². The number of aromatic nitrogens is 4. The van der Waals surface area contributed by atoms with Crippen molar-refractivity contribution in [3.05, 3.63) is 29.8 Å². The molecule has 0 bridgehead atoms. The minimum Gasteiger partial charge on any atom is -0.370 e. The molecule has 108 valence electrons. The minimum absolute atomic E-state index is 0.631. The first-order valence-corrected chi connectivity index (χ1v) is 6.78. The number of hydrogen-bond donors (Lipinski definition) is 3. The number of nitrogens with zero attached hydrogens (tertiary/aromatic N) is 4. The van der Waals surface area contributed by atoms with Gasteiger partial charge in [-0.15, -0.1) is 0 Å². The Morgan fingerprint density at radius 2 is 2.05 bits per heavy atom. The first kappa shape index (κ1) is 14.3. The molecular formula is C13H21N7. The lowest BCUT2D eigenvalue weighted by molar-refractivity contribution is 0.710. The quantitative estimate of drug-likeness (QED) is 0.517. The fraction of sp³-hybridized carbons (Fsp3) is 0.462. The standard InChI is InChI=1S/C13H21N7/c1-3-4-11-17-12(9-13(18-11)19-14)15-7-5-10-6-8-16-20(10)2/h6,8-9H,3-5,7,14H2,1-2H3,(H2,15,17,18,19). The molecule has 0 spiro atoms. The zero-order valence-electron chi connectivity index (χ0n) is 11.9. The zero-order valence-corrected chi connectivity index (χ0v) is 11.9. The zero-order chi connectivity index (χ0) is 14.4. The van der Waals surface area contributed by atoms with E-state index in [-0.39, 0.29) is 0 Å². The van der Waals surface area contributed by atoms with Gasteiger partial charge in [0.25, 0.3) is 0 Å². The molecule has 20 heavy (non-hydrogen) atoms. The molecule has 2 rings (SSSR count). The molecule has 0 amide bonds. The fourth-order valence-electron chi connectivity index (χ4n) is 1.96. The van der Waals surface area contributed by atoms with Crippen molar-refractivity contribution in [1.29, 1.82) is 0 Å². The van der Waals surface area contributed by atoms with E-state index in [9.17, 15) is 0 Å². The van der Waals surface area contributed by atoms with Crippen LogP contribution in [0.2, 0.25) is 0 Å². The van der Waals surface area contributed by atoms with Crippen molar-refractivity contribution in [2.24, 2.45) is 12.9 Å².